The Bertz CT molecular complexity index is 285. The van der Waals surface area contributed by atoms with Crippen LogP contribution in [0.1, 0.15) is 13.8 Å². The highest BCUT2D eigenvalue weighted by Crippen LogP contribution is 2.15. The molecule has 1 N–H and O–H groups in total. The van der Waals surface area contributed by atoms with Crippen molar-refractivity contribution >= 4 is 5.91 Å². The fraction of sp³-hybridized carbons (Fsp3) is 0.250. The minimum absolute atomic E-state index is 0.0389. The first-order valence-electron chi connectivity index (χ1n) is 4.72. The first-order chi connectivity index (χ1) is 6.79. The van der Waals surface area contributed by atoms with Crippen molar-refractivity contribution in [2.45, 2.75) is 13.8 Å². The molecule has 1 amide bonds. The van der Waals surface area contributed by atoms with E-state index in [0.29, 0.717) is 12.1 Å². The molecule has 1 saturated heterocycles. The summed E-state index contributed by atoms with van der Waals surface area (Å²) < 4.78 is 0. The van der Waals surface area contributed by atoms with Crippen LogP contribution in [0.15, 0.2) is 48.6 Å². The second-order valence-electron chi connectivity index (χ2n) is 2.43. The molecule has 0 spiro atoms. The maximum Gasteiger partial charge on any atom is 0.251 e. The lowest BCUT2D eigenvalue weighted by Crippen LogP contribution is -2.13. The van der Waals surface area contributed by atoms with E-state index in [9.17, 15) is 4.79 Å². The van der Waals surface area contributed by atoms with Crippen LogP contribution in [0.3, 0.4) is 0 Å². The maximum atomic E-state index is 11.1. The largest absolute Gasteiger partial charge is 0.348 e. The third kappa shape index (κ3) is 3.05. The molecule has 0 aromatic rings. The highest BCUT2D eigenvalue weighted by molar-refractivity contribution is 6.01. The number of carbonyl (C=O) groups is 1. The Morgan fingerprint density at radius 1 is 1.21 bits per heavy atom. The van der Waals surface area contributed by atoms with Crippen LogP contribution in [0.2, 0.25) is 0 Å². The lowest BCUT2D eigenvalue weighted by molar-refractivity contribution is -0.116. The molecule has 0 unspecified atom stereocenters. The fourth-order valence-corrected chi connectivity index (χ4v) is 1.10. The van der Waals surface area contributed by atoms with Crippen LogP contribution >= 0.6 is 0 Å². The van der Waals surface area contributed by atoms with Crippen LogP contribution in [0.25, 0.3) is 0 Å². The van der Waals surface area contributed by atoms with Crippen LogP contribution in [-0.4, -0.2) is 12.5 Å². The van der Waals surface area contributed by atoms with Gasteiger partial charge in [0.15, 0.2) is 0 Å². The third-order valence-corrected chi connectivity index (χ3v) is 1.63. The van der Waals surface area contributed by atoms with Crippen molar-refractivity contribution in [3.63, 3.8) is 0 Å². The van der Waals surface area contributed by atoms with E-state index in [1.54, 1.807) is 18.2 Å². The zero-order valence-corrected chi connectivity index (χ0v) is 8.84. The molecule has 0 aromatic carbocycles. The zero-order valence-electron chi connectivity index (χ0n) is 8.84. The average Bonchev–Trinajstić information content (AvgIpc) is 2.54. The number of allylic oxidation sites excluding steroid dienone is 4. The predicted octanol–water partition coefficient (Wildman–Crippen LogP) is 2.37. The molecule has 1 aliphatic heterocycles. The summed E-state index contributed by atoms with van der Waals surface area (Å²) in [5.41, 5.74) is 1.65. The quantitative estimate of drug-likeness (QED) is 0.667. The molecule has 0 aromatic heterocycles. The van der Waals surface area contributed by atoms with E-state index >= 15 is 0 Å². The molecule has 1 rings (SSSR count). The minimum atomic E-state index is -0.0389. The number of rotatable bonds is 2. The van der Waals surface area contributed by atoms with E-state index in [1.165, 1.54) is 0 Å². The van der Waals surface area contributed by atoms with Gasteiger partial charge in [0, 0.05) is 12.1 Å². The van der Waals surface area contributed by atoms with E-state index in [1.807, 2.05) is 19.9 Å². The summed E-state index contributed by atoms with van der Waals surface area (Å²) in [6.45, 7) is 11.7. The summed E-state index contributed by atoms with van der Waals surface area (Å²) in [4.78, 5) is 11.1. The van der Waals surface area contributed by atoms with Crippen molar-refractivity contribution in [1.82, 2.24) is 5.32 Å². The van der Waals surface area contributed by atoms with Crippen molar-refractivity contribution in [3.8, 4) is 0 Å². The van der Waals surface area contributed by atoms with Gasteiger partial charge in [0.1, 0.15) is 0 Å². The Hall–Kier alpha value is -1.57. The van der Waals surface area contributed by atoms with Crippen LogP contribution in [0, 0.1) is 0 Å². The number of carbonyl (C=O) groups excluding carboxylic acids is 1. The normalized spacial score (nSPS) is 20.0. The van der Waals surface area contributed by atoms with Crippen LogP contribution in [0.4, 0.5) is 0 Å². The van der Waals surface area contributed by atoms with Gasteiger partial charge in [-0.2, -0.15) is 0 Å². The number of hydrogen-bond acceptors (Lipinski definition) is 1. The van der Waals surface area contributed by atoms with Gasteiger partial charge >= 0.3 is 0 Å². The molecule has 0 bridgehead atoms. The Morgan fingerprint density at radius 3 is 2.29 bits per heavy atom. The van der Waals surface area contributed by atoms with Gasteiger partial charge in [-0.1, -0.05) is 45.2 Å². The molecule has 1 heterocycles. The first kappa shape index (κ1) is 12.4. The summed E-state index contributed by atoms with van der Waals surface area (Å²) in [7, 11) is 0. The van der Waals surface area contributed by atoms with E-state index in [4.69, 9.17) is 0 Å². The number of nitrogens with one attached hydrogen (secondary N) is 1. The van der Waals surface area contributed by atoms with Crippen LogP contribution in [-0.2, 0) is 4.79 Å². The van der Waals surface area contributed by atoms with E-state index < -0.39 is 0 Å². The van der Waals surface area contributed by atoms with Gasteiger partial charge in [0.05, 0.1) is 0 Å². The topological polar surface area (TPSA) is 29.1 Å². The molecule has 0 aliphatic carbocycles. The van der Waals surface area contributed by atoms with Crippen molar-refractivity contribution in [2.24, 2.45) is 0 Å². The molecule has 2 heteroatoms. The van der Waals surface area contributed by atoms with E-state index in [-0.39, 0.29) is 5.91 Å². The van der Waals surface area contributed by atoms with Gasteiger partial charge in [-0.05, 0) is 11.6 Å². The van der Waals surface area contributed by atoms with E-state index in [0.717, 1.165) is 5.57 Å². The lowest BCUT2D eigenvalue weighted by atomic mass is 10.1. The molecule has 2 nitrogen and oxygen atoms in total. The second-order valence-corrected chi connectivity index (χ2v) is 2.43. The van der Waals surface area contributed by atoms with Crippen molar-refractivity contribution in [2.75, 3.05) is 6.54 Å². The first-order valence-corrected chi connectivity index (χ1v) is 4.72. The molecule has 0 radical (unpaired) electrons. The smallest absolute Gasteiger partial charge is 0.251 e. The average molecular weight is 191 g/mol. The van der Waals surface area contributed by atoms with Gasteiger partial charge in [-0.15, -0.1) is 0 Å². The van der Waals surface area contributed by atoms with Crippen molar-refractivity contribution in [3.05, 3.63) is 48.6 Å². The SMILES string of the molecule is C=C/C=C1/CNC(=O)/C1=C/C=C.CC. The number of amides is 1. The maximum absolute atomic E-state index is 11.1. The molecular formula is C12H17NO. The summed E-state index contributed by atoms with van der Waals surface area (Å²) >= 11 is 0. The van der Waals surface area contributed by atoms with Crippen LogP contribution < -0.4 is 5.32 Å². The summed E-state index contributed by atoms with van der Waals surface area (Å²) in [6.07, 6.45) is 6.81. The molecule has 14 heavy (non-hydrogen) atoms. The molecular weight excluding hydrogens is 174 g/mol. The van der Waals surface area contributed by atoms with Gasteiger partial charge < -0.3 is 5.32 Å². The van der Waals surface area contributed by atoms with Crippen molar-refractivity contribution < 1.29 is 4.79 Å². The molecule has 1 aliphatic rings. The second kappa shape index (κ2) is 6.89. The number of hydrogen-bond donors (Lipinski definition) is 1. The summed E-state index contributed by atoms with van der Waals surface area (Å²) in [5, 5.41) is 2.72. The molecule has 76 valence electrons. The molecule has 0 saturated carbocycles. The Labute approximate surface area is 85.7 Å². The van der Waals surface area contributed by atoms with Gasteiger partial charge in [0.25, 0.3) is 5.91 Å². The van der Waals surface area contributed by atoms with Crippen molar-refractivity contribution in [1.29, 1.82) is 0 Å². The monoisotopic (exact) mass is 191 g/mol. The third-order valence-electron chi connectivity index (χ3n) is 1.63. The van der Waals surface area contributed by atoms with Crippen LogP contribution in [0.5, 0.6) is 0 Å². The summed E-state index contributed by atoms with van der Waals surface area (Å²) in [6, 6.07) is 0. The van der Waals surface area contributed by atoms with Gasteiger partial charge in [0.2, 0.25) is 0 Å². The Morgan fingerprint density at radius 2 is 1.79 bits per heavy atom. The summed E-state index contributed by atoms with van der Waals surface area (Å²) in [5.74, 6) is -0.0389. The Kier molecular flexibility index (Phi) is 6.12. The van der Waals surface area contributed by atoms with E-state index in [2.05, 4.69) is 18.5 Å². The van der Waals surface area contributed by atoms with Gasteiger partial charge in [-0.3, -0.25) is 4.79 Å². The highest BCUT2D eigenvalue weighted by atomic mass is 16.2. The minimum Gasteiger partial charge on any atom is -0.348 e. The lowest BCUT2D eigenvalue weighted by Gasteiger charge is -1.92. The fourth-order valence-electron chi connectivity index (χ4n) is 1.10. The van der Waals surface area contributed by atoms with Gasteiger partial charge in [-0.25, -0.2) is 0 Å². The molecule has 1 fully saturated rings. The predicted molar refractivity (Wildman–Crippen MR) is 60.9 cm³/mol. The Balaban J connectivity index is 0.000000791. The zero-order chi connectivity index (χ0) is 11.0. The standard InChI is InChI=1S/C10H11NO.C2H6/c1-3-5-8-7-11-10(12)9(8)6-4-2;1-2/h3-6H,1-2,7H2,(H,11,12);1-2H3/b8-5-,9-6+;. The highest BCUT2D eigenvalue weighted by Gasteiger charge is 2.19. The molecule has 0 atom stereocenters.